The SMILES string of the molecule is CS(=O)(=O)CCN1CCN(C(=O)C2c3ccccc3Oc3ccccc32)CC1. The molecule has 1 amide bonds. The number of fused-ring (bicyclic) bond motifs is 2. The summed E-state index contributed by atoms with van der Waals surface area (Å²) < 4.78 is 28.8. The molecule has 0 spiro atoms. The minimum Gasteiger partial charge on any atom is -0.457 e. The molecule has 0 aromatic heterocycles. The molecule has 0 atom stereocenters. The Morgan fingerprint density at radius 3 is 2.04 bits per heavy atom. The molecule has 0 unspecified atom stereocenters. The van der Waals surface area contributed by atoms with Crippen LogP contribution in [-0.2, 0) is 14.6 Å². The van der Waals surface area contributed by atoms with E-state index in [9.17, 15) is 13.2 Å². The number of nitrogens with zero attached hydrogens (tertiary/aromatic N) is 2. The van der Waals surface area contributed by atoms with Gasteiger partial charge in [0.25, 0.3) is 0 Å². The van der Waals surface area contributed by atoms with Gasteiger partial charge in [0.2, 0.25) is 5.91 Å². The van der Waals surface area contributed by atoms with Crippen LogP contribution in [0.2, 0.25) is 0 Å². The molecule has 0 bridgehead atoms. The van der Waals surface area contributed by atoms with Gasteiger partial charge in [-0.3, -0.25) is 9.69 Å². The van der Waals surface area contributed by atoms with Crippen molar-refractivity contribution in [2.24, 2.45) is 0 Å². The van der Waals surface area contributed by atoms with Crippen LogP contribution < -0.4 is 4.74 Å². The monoisotopic (exact) mass is 400 g/mol. The first-order valence-electron chi connectivity index (χ1n) is 9.47. The topological polar surface area (TPSA) is 66.9 Å². The third-order valence-corrected chi connectivity index (χ3v) is 6.31. The Bertz CT molecular complexity index is 936. The molecule has 28 heavy (non-hydrogen) atoms. The van der Waals surface area contributed by atoms with Crippen LogP contribution in [0.4, 0.5) is 0 Å². The molecule has 0 radical (unpaired) electrons. The van der Waals surface area contributed by atoms with E-state index in [0.29, 0.717) is 32.7 Å². The van der Waals surface area contributed by atoms with Gasteiger partial charge < -0.3 is 9.64 Å². The summed E-state index contributed by atoms with van der Waals surface area (Å²) in [6.07, 6.45) is 1.26. The normalized spacial score (nSPS) is 17.5. The Labute approximate surface area is 165 Å². The Morgan fingerprint density at radius 1 is 0.964 bits per heavy atom. The van der Waals surface area contributed by atoms with Crippen LogP contribution in [0, 0.1) is 0 Å². The van der Waals surface area contributed by atoms with Crippen LogP contribution in [-0.4, -0.2) is 68.9 Å². The number of rotatable bonds is 4. The maximum Gasteiger partial charge on any atom is 0.234 e. The highest BCUT2D eigenvalue weighted by molar-refractivity contribution is 7.90. The molecule has 2 heterocycles. The fourth-order valence-corrected chi connectivity index (χ4v) is 4.44. The van der Waals surface area contributed by atoms with Crippen LogP contribution in [0.25, 0.3) is 0 Å². The molecule has 2 aromatic carbocycles. The number of benzene rings is 2. The summed E-state index contributed by atoms with van der Waals surface area (Å²) in [6.45, 7) is 3.10. The third-order valence-electron chi connectivity index (χ3n) is 5.39. The van der Waals surface area contributed by atoms with Crippen molar-refractivity contribution in [3.8, 4) is 11.5 Å². The lowest BCUT2D eigenvalue weighted by atomic mass is 9.86. The van der Waals surface area contributed by atoms with Crippen molar-refractivity contribution in [2.45, 2.75) is 5.92 Å². The number of carbonyl (C=O) groups excluding carboxylic acids is 1. The number of para-hydroxylation sites is 2. The van der Waals surface area contributed by atoms with Crippen molar-refractivity contribution in [1.82, 2.24) is 9.80 Å². The quantitative estimate of drug-likeness (QED) is 0.786. The van der Waals surface area contributed by atoms with Crippen LogP contribution in [0.5, 0.6) is 11.5 Å². The molecule has 0 saturated carbocycles. The molecule has 0 aliphatic carbocycles. The highest BCUT2D eigenvalue weighted by Gasteiger charge is 2.36. The largest absolute Gasteiger partial charge is 0.457 e. The standard InChI is InChI=1S/C21H24N2O4S/c1-28(25,26)15-14-22-10-12-23(13-11-22)21(24)20-16-6-2-4-8-18(16)27-19-9-5-3-7-17(19)20/h2-9,20H,10-15H2,1H3. The highest BCUT2D eigenvalue weighted by Crippen LogP contribution is 2.44. The van der Waals surface area contributed by atoms with Gasteiger partial charge in [0, 0.05) is 50.1 Å². The van der Waals surface area contributed by atoms with E-state index in [0.717, 1.165) is 22.6 Å². The molecule has 1 fully saturated rings. The molecule has 0 N–H and O–H groups in total. The van der Waals surface area contributed by atoms with Crippen molar-refractivity contribution in [2.75, 3.05) is 44.7 Å². The molecule has 1 saturated heterocycles. The number of hydrogen-bond donors (Lipinski definition) is 0. The van der Waals surface area contributed by atoms with Gasteiger partial charge in [-0.2, -0.15) is 0 Å². The zero-order chi connectivity index (χ0) is 19.7. The molecular weight excluding hydrogens is 376 g/mol. The number of piperazine rings is 1. The summed E-state index contributed by atoms with van der Waals surface area (Å²) >= 11 is 0. The number of carbonyl (C=O) groups is 1. The van der Waals surface area contributed by atoms with Gasteiger partial charge in [-0.1, -0.05) is 36.4 Å². The summed E-state index contributed by atoms with van der Waals surface area (Å²) in [5.41, 5.74) is 1.79. The minimum atomic E-state index is -2.97. The van der Waals surface area contributed by atoms with E-state index in [1.165, 1.54) is 6.26 Å². The Balaban J connectivity index is 1.52. The van der Waals surface area contributed by atoms with Crippen LogP contribution in [0.3, 0.4) is 0 Å². The smallest absolute Gasteiger partial charge is 0.234 e. The molecule has 2 aliphatic heterocycles. The number of hydrogen-bond acceptors (Lipinski definition) is 5. The lowest BCUT2D eigenvalue weighted by Gasteiger charge is -2.37. The highest BCUT2D eigenvalue weighted by atomic mass is 32.2. The van der Waals surface area contributed by atoms with Gasteiger partial charge in [-0.05, 0) is 12.1 Å². The predicted octanol–water partition coefficient (Wildman–Crippen LogP) is 2.11. The first kappa shape index (κ1) is 19.0. The Kier molecular flexibility index (Phi) is 5.12. The lowest BCUT2D eigenvalue weighted by molar-refractivity contribution is -0.133. The summed E-state index contributed by atoms with van der Waals surface area (Å²) in [5.74, 6) is 1.31. The summed E-state index contributed by atoms with van der Waals surface area (Å²) in [4.78, 5) is 17.5. The number of sulfone groups is 1. The van der Waals surface area contributed by atoms with E-state index in [4.69, 9.17) is 4.74 Å². The summed E-state index contributed by atoms with van der Waals surface area (Å²) in [5, 5.41) is 0. The first-order chi connectivity index (χ1) is 13.4. The van der Waals surface area contributed by atoms with Crippen molar-refractivity contribution in [3.05, 3.63) is 59.7 Å². The maximum atomic E-state index is 13.5. The van der Waals surface area contributed by atoms with E-state index in [1.807, 2.05) is 53.4 Å². The second-order valence-electron chi connectivity index (χ2n) is 7.41. The first-order valence-corrected chi connectivity index (χ1v) is 11.5. The lowest BCUT2D eigenvalue weighted by Crippen LogP contribution is -2.51. The van der Waals surface area contributed by atoms with Gasteiger partial charge in [-0.15, -0.1) is 0 Å². The molecule has 6 nitrogen and oxygen atoms in total. The van der Waals surface area contributed by atoms with Crippen molar-refractivity contribution >= 4 is 15.7 Å². The van der Waals surface area contributed by atoms with Crippen LogP contribution in [0.1, 0.15) is 17.0 Å². The van der Waals surface area contributed by atoms with E-state index in [1.54, 1.807) is 0 Å². The summed E-state index contributed by atoms with van der Waals surface area (Å²) in [7, 11) is -2.97. The number of amides is 1. The fourth-order valence-electron chi connectivity index (χ4n) is 3.85. The second kappa shape index (κ2) is 7.56. The fraction of sp³-hybridized carbons (Fsp3) is 0.381. The zero-order valence-electron chi connectivity index (χ0n) is 15.9. The van der Waals surface area contributed by atoms with Gasteiger partial charge in [0.05, 0.1) is 11.7 Å². The van der Waals surface area contributed by atoms with E-state index < -0.39 is 9.84 Å². The van der Waals surface area contributed by atoms with Crippen LogP contribution >= 0.6 is 0 Å². The average Bonchev–Trinajstić information content (AvgIpc) is 2.70. The molecule has 2 aliphatic rings. The Hall–Kier alpha value is -2.38. The van der Waals surface area contributed by atoms with E-state index in [-0.39, 0.29) is 17.6 Å². The van der Waals surface area contributed by atoms with Crippen LogP contribution in [0.15, 0.2) is 48.5 Å². The van der Waals surface area contributed by atoms with Gasteiger partial charge in [0.15, 0.2) is 0 Å². The van der Waals surface area contributed by atoms with Gasteiger partial charge in [0.1, 0.15) is 21.3 Å². The van der Waals surface area contributed by atoms with Gasteiger partial charge >= 0.3 is 0 Å². The van der Waals surface area contributed by atoms with E-state index >= 15 is 0 Å². The third kappa shape index (κ3) is 3.91. The predicted molar refractivity (Wildman–Crippen MR) is 108 cm³/mol. The maximum absolute atomic E-state index is 13.5. The Morgan fingerprint density at radius 2 is 1.50 bits per heavy atom. The van der Waals surface area contributed by atoms with Crippen molar-refractivity contribution in [1.29, 1.82) is 0 Å². The molecule has 2 aromatic rings. The van der Waals surface area contributed by atoms with E-state index in [2.05, 4.69) is 4.90 Å². The zero-order valence-corrected chi connectivity index (χ0v) is 16.7. The second-order valence-corrected chi connectivity index (χ2v) is 9.67. The number of ether oxygens (including phenoxy) is 1. The summed E-state index contributed by atoms with van der Waals surface area (Å²) in [6, 6.07) is 15.4. The van der Waals surface area contributed by atoms with Crippen molar-refractivity contribution in [3.63, 3.8) is 0 Å². The average molecular weight is 401 g/mol. The molecular formula is C21H24N2O4S. The van der Waals surface area contributed by atoms with Crippen molar-refractivity contribution < 1.29 is 17.9 Å². The molecule has 4 rings (SSSR count). The molecule has 7 heteroatoms. The van der Waals surface area contributed by atoms with Gasteiger partial charge in [-0.25, -0.2) is 8.42 Å². The minimum absolute atomic E-state index is 0.0750. The molecule has 148 valence electrons.